The van der Waals surface area contributed by atoms with E-state index in [0.717, 1.165) is 25.9 Å². The zero-order valence-corrected chi connectivity index (χ0v) is 14.8. The molecular formula is C19H25N3O3. The van der Waals surface area contributed by atoms with Crippen LogP contribution in [0.25, 0.3) is 0 Å². The predicted octanol–water partition coefficient (Wildman–Crippen LogP) is 2.62. The molecule has 1 saturated heterocycles. The Morgan fingerprint density at radius 2 is 1.52 bits per heavy atom. The average Bonchev–Trinajstić information content (AvgIpc) is 3.38. The number of carbonyl (C=O) groups excluding carboxylic acids is 3. The lowest BCUT2D eigenvalue weighted by Crippen LogP contribution is -2.46. The number of nitrogens with zero attached hydrogens (tertiary/aromatic N) is 1. The second kappa shape index (κ2) is 6.86. The molecule has 0 radical (unpaired) electrons. The number of rotatable bonds is 4. The molecule has 0 unspecified atom stereocenters. The molecule has 0 bridgehead atoms. The summed E-state index contributed by atoms with van der Waals surface area (Å²) in [6.07, 6.45) is 3.25. The van der Waals surface area contributed by atoms with Crippen molar-refractivity contribution in [3.8, 4) is 0 Å². The highest BCUT2D eigenvalue weighted by Gasteiger charge is 2.58. The zero-order chi connectivity index (χ0) is 18.0. The van der Waals surface area contributed by atoms with Crippen LogP contribution in [-0.2, 0) is 14.4 Å². The number of anilines is 2. The van der Waals surface area contributed by atoms with Gasteiger partial charge in [0, 0.05) is 31.4 Å². The third-order valence-corrected chi connectivity index (χ3v) is 5.13. The summed E-state index contributed by atoms with van der Waals surface area (Å²) in [6.45, 7) is 5.15. The predicted molar refractivity (Wildman–Crippen MR) is 96.0 cm³/mol. The van der Waals surface area contributed by atoms with Gasteiger partial charge >= 0.3 is 0 Å². The normalized spacial score (nSPS) is 19.2. The Hall–Kier alpha value is -2.37. The van der Waals surface area contributed by atoms with E-state index in [2.05, 4.69) is 17.6 Å². The molecule has 1 aromatic rings. The summed E-state index contributed by atoms with van der Waals surface area (Å²) in [5.41, 5.74) is 0.423. The van der Waals surface area contributed by atoms with Gasteiger partial charge in [0.2, 0.25) is 17.7 Å². The van der Waals surface area contributed by atoms with E-state index in [1.165, 1.54) is 6.92 Å². The summed E-state index contributed by atoms with van der Waals surface area (Å²) in [5, 5.41) is 5.54. The van der Waals surface area contributed by atoms with Gasteiger partial charge in [-0.05, 0) is 55.9 Å². The van der Waals surface area contributed by atoms with E-state index in [1.807, 2.05) is 4.90 Å². The van der Waals surface area contributed by atoms with Crippen LogP contribution in [0, 0.1) is 11.3 Å². The minimum absolute atomic E-state index is 0.0215. The van der Waals surface area contributed by atoms with E-state index in [9.17, 15) is 14.4 Å². The highest BCUT2D eigenvalue weighted by molar-refractivity contribution is 6.13. The van der Waals surface area contributed by atoms with Crippen molar-refractivity contribution in [2.45, 2.75) is 39.5 Å². The topological polar surface area (TPSA) is 78.5 Å². The first-order valence-electron chi connectivity index (χ1n) is 8.89. The van der Waals surface area contributed by atoms with Gasteiger partial charge in [-0.1, -0.05) is 6.92 Å². The van der Waals surface area contributed by atoms with Crippen LogP contribution in [0.4, 0.5) is 11.4 Å². The minimum atomic E-state index is -0.878. The third kappa shape index (κ3) is 3.83. The van der Waals surface area contributed by atoms with Crippen LogP contribution < -0.4 is 10.6 Å². The van der Waals surface area contributed by atoms with Gasteiger partial charge < -0.3 is 15.5 Å². The van der Waals surface area contributed by atoms with Crippen molar-refractivity contribution in [3.05, 3.63) is 24.3 Å². The molecule has 3 amide bonds. The summed E-state index contributed by atoms with van der Waals surface area (Å²) in [7, 11) is 0. The van der Waals surface area contributed by atoms with Gasteiger partial charge in [-0.25, -0.2) is 0 Å². The standard InChI is InChI=1S/C19H25N3O3/c1-13-7-11-22(12-8-13)18(25)19(9-10-19)17(24)21-16-5-3-15(4-6-16)20-14(2)23/h3-6,13H,7-12H2,1-2H3,(H,20,23)(H,21,24). The maximum Gasteiger partial charge on any atom is 0.240 e. The number of piperidine rings is 1. The van der Waals surface area contributed by atoms with Crippen molar-refractivity contribution < 1.29 is 14.4 Å². The molecule has 1 aliphatic heterocycles. The Morgan fingerprint density at radius 3 is 2.00 bits per heavy atom. The van der Waals surface area contributed by atoms with E-state index in [1.54, 1.807) is 24.3 Å². The smallest absolute Gasteiger partial charge is 0.240 e. The lowest BCUT2D eigenvalue weighted by Gasteiger charge is -2.32. The van der Waals surface area contributed by atoms with Crippen molar-refractivity contribution >= 4 is 29.1 Å². The largest absolute Gasteiger partial charge is 0.342 e. The highest BCUT2D eigenvalue weighted by atomic mass is 16.2. The zero-order valence-electron chi connectivity index (χ0n) is 14.8. The van der Waals surface area contributed by atoms with Crippen LogP contribution >= 0.6 is 0 Å². The molecular weight excluding hydrogens is 318 g/mol. The molecule has 2 aliphatic rings. The van der Waals surface area contributed by atoms with Crippen molar-refractivity contribution in [1.29, 1.82) is 0 Å². The number of amides is 3. The van der Waals surface area contributed by atoms with E-state index in [-0.39, 0.29) is 17.7 Å². The van der Waals surface area contributed by atoms with Gasteiger partial charge in [0.05, 0.1) is 0 Å². The van der Waals surface area contributed by atoms with Gasteiger partial charge in [0.15, 0.2) is 0 Å². The number of nitrogens with one attached hydrogen (secondary N) is 2. The molecule has 3 rings (SSSR count). The molecule has 1 saturated carbocycles. The van der Waals surface area contributed by atoms with Crippen LogP contribution in [0.1, 0.15) is 39.5 Å². The van der Waals surface area contributed by atoms with Crippen LogP contribution in [0.15, 0.2) is 24.3 Å². The monoisotopic (exact) mass is 343 g/mol. The molecule has 1 aliphatic carbocycles. The van der Waals surface area contributed by atoms with Crippen molar-refractivity contribution in [1.82, 2.24) is 4.90 Å². The Bertz CT molecular complexity index is 672. The van der Waals surface area contributed by atoms with Crippen molar-refractivity contribution in [2.75, 3.05) is 23.7 Å². The number of benzene rings is 1. The molecule has 1 aromatic carbocycles. The summed E-state index contributed by atoms with van der Waals surface area (Å²) in [4.78, 5) is 38.4. The Morgan fingerprint density at radius 1 is 1.00 bits per heavy atom. The Labute approximate surface area is 148 Å². The lowest BCUT2D eigenvalue weighted by atomic mass is 9.96. The van der Waals surface area contributed by atoms with E-state index in [4.69, 9.17) is 0 Å². The van der Waals surface area contributed by atoms with Crippen LogP contribution in [0.2, 0.25) is 0 Å². The Balaban J connectivity index is 1.62. The van der Waals surface area contributed by atoms with E-state index in [0.29, 0.717) is 30.1 Å². The van der Waals surface area contributed by atoms with Crippen LogP contribution in [0.5, 0.6) is 0 Å². The molecule has 2 fully saturated rings. The lowest BCUT2D eigenvalue weighted by molar-refractivity contribution is -0.143. The molecule has 0 spiro atoms. The highest BCUT2D eigenvalue weighted by Crippen LogP contribution is 2.48. The van der Waals surface area contributed by atoms with Crippen LogP contribution in [0.3, 0.4) is 0 Å². The molecule has 25 heavy (non-hydrogen) atoms. The molecule has 0 atom stereocenters. The maximum atomic E-state index is 12.8. The van der Waals surface area contributed by atoms with E-state index < -0.39 is 5.41 Å². The number of carbonyl (C=O) groups is 3. The molecule has 6 heteroatoms. The summed E-state index contributed by atoms with van der Waals surface area (Å²) in [6, 6.07) is 6.91. The Kier molecular flexibility index (Phi) is 4.79. The maximum absolute atomic E-state index is 12.8. The second-order valence-corrected chi connectivity index (χ2v) is 7.27. The molecule has 6 nitrogen and oxygen atoms in total. The fourth-order valence-electron chi connectivity index (χ4n) is 3.27. The quantitative estimate of drug-likeness (QED) is 0.825. The average molecular weight is 343 g/mol. The van der Waals surface area contributed by atoms with Gasteiger partial charge in [0.1, 0.15) is 5.41 Å². The minimum Gasteiger partial charge on any atom is -0.342 e. The first kappa shape index (κ1) is 17.5. The summed E-state index contributed by atoms with van der Waals surface area (Å²) >= 11 is 0. The molecule has 0 aromatic heterocycles. The van der Waals surface area contributed by atoms with Gasteiger partial charge in [-0.15, -0.1) is 0 Å². The molecule has 134 valence electrons. The summed E-state index contributed by atoms with van der Waals surface area (Å²) in [5.74, 6) is 0.264. The molecule has 1 heterocycles. The third-order valence-electron chi connectivity index (χ3n) is 5.13. The molecule has 2 N–H and O–H groups in total. The first-order chi connectivity index (χ1) is 11.9. The first-order valence-corrected chi connectivity index (χ1v) is 8.89. The van der Waals surface area contributed by atoms with Crippen LogP contribution in [-0.4, -0.2) is 35.7 Å². The van der Waals surface area contributed by atoms with E-state index >= 15 is 0 Å². The van der Waals surface area contributed by atoms with Crippen molar-refractivity contribution in [2.24, 2.45) is 11.3 Å². The number of hydrogen-bond acceptors (Lipinski definition) is 3. The fourth-order valence-corrected chi connectivity index (χ4v) is 3.27. The fraction of sp³-hybridized carbons (Fsp3) is 0.526. The second-order valence-electron chi connectivity index (χ2n) is 7.27. The van der Waals surface area contributed by atoms with Gasteiger partial charge in [0.25, 0.3) is 0 Å². The summed E-state index contributed by atoms with van der Waals surface area (Å²) < 4.78 is 0. The SMILES string of the molecule is CC(=O)Nc1ccc(NC(=O)C2(C(=O)N3CCC(C)CC3)CC2)cc1. The number of likely N-dealkylation sites (tertiary alicyclic amines) is 1. The number of hydrogen-bond donors (Lipinski definition) is 2. The van der Waals surface area contributed by atoms with Crippen molar-refractivity contribution in [3.63, 3.8) is 0 Å². The van der Waals surface area contributed by atoms with Gasteiger partial charge in [-0.2, -0.15) is 0 Å². The van der Waals surface area contributed by atoms with Gasteiger partial charge in [-0.3, -0.25) is 14.4 Å².